The number of aliphatic hydroxyl groups excluding tert-OH is 1. The van der Waals surface area contributed by atoms with E-state index in [4.69, 9.17) is 13.9 Å². The van der Waals surface area contributed by atoms with Gasteiger partial charge in [-0.25, -0.2) is 0 Å². The standard InChI is InChI=1S/C20H32O4Si/c1-8-16-17(21)19(24-25(6,7)20(2,3)4)18(16)23-13-14-9-11-15(22-5)12-10-14/h8-12,16-19,21H,1,13H2,2-7H3/t16-,17+,18+,19-/m0/s1. The third kappa shape index (κ3) is 4.34. The molecule has 0 aliphatic heterocycles. The van der Waals surface area contributed by atoms with Gasteiger partial charge in [0.2, 0.25) is 0 Å². The molecule has 0 heterocycles. The summed E-state index contributed by atoms with van der Waals surface area (Å²) in [7, 11) is -0.324. The van der Waals surface area contributed by atoms with E-state index in [0.717, 1.165) is 11.3 Å². The molecule has 1 aromatic carbocycles. The SMILES string of the molecule is C=C[C@H]1[C@@H](O)[C@H](O[Si](C)(C)C(C)(C)C)[C@@H]1OCc1ccc(OC)cc1. The Morgan fingerprint density at radius 1 is 1.16 bits per heavy atom. The lowest BCUT2D eigenvalue weighted by Crippen LogP contribution is -2.64. The molecule has 1 aliphatic rings. The Balaban J connectivity index is 2.03. The molecular formula is C20H32O4Si. The Morgan fingerprint density at radius 2 is 1.76 bits per heavy atom. The molecule has 140 valence electrons. The van der Waals surface area contributed by atoms with E-state index < -0.39 is 14.4 Å². The maximum Gasteiger partial charge on any atom is 0.192 e. The van der Waals surface area contributed by atoms with Gasteiger partial charge in [-0.3, -0.25) is 0 Å². The summed E-state index contributed by atoms with van der Waals surface area (Å²) in [5.74, 6) is 0.735. The summed E-state index contributed by atoms with van der Waals surface area (Å²) in [6.45, 7) is 15.3. The van der Waals surface area contributed by atoms with Crippen LogP contribution in [0.15, 0.2) is 36.9 Å². The summed E-state index contributed by atoms with van der Waals surface area (Å²) in [5.41, 5.74) is 1.07. The number of methoxy groups -OCH3 is 1. The first kappa shape index (κ1) is 20.2. The highest BCUT2D eigenvalue weighted by Gasteiger charge is 2.53. The first-order valence-electron chi connectivity index (χ1n) is 8.83. The van der Waals surface area contributed by atoms with Crippen molar-refractivity contribution in [1.82, 2.24) is 0 Å². The molecule has 1 saturated carbocycles. The average molecular weight is 365 g/mol. The van der Waals surface area contributed by atoms with Gasteiger partial charge >= 0.3 is 0 Å². The van der Waals surface area contributed by atoms with Gasteiger partial charge in [0.25, 0.3) is 0 Å². The lowest BCUT2D eigenvalue weighted by molar-refractivity contribution is -0.196. The van der Waals surface area contributed by atoms with E-state index >= 15 is 0 Å². The lowest BCUT2D eigenvalue weighted by Gasteiger charge is -2.51. The van der Waals surface area contributed by atoms with Crippen LogP contribution in [0.25, 0.3) is 0 Å². The molecule has 0 saturated heterocycles. The number of benzene rings is 1. The molecule has 4 atom stereocenters. The van der Waals surface area contributed by atoms with Gasteiger partial charge in [0.05, 0.1) is 32.0 Å². The Bertz CT molecular complexity index is 576. The van der Waals surface area contributed by atoms with Crippen molar-refractivity contribution in [3.05, 3.63) is 42.5 Å². The quantitative estimate of drug-likeness (QED) is 0.583. The fraction of sp³-hybridized carbons (Fsp3) is 0.600. The van der Waals surface area contributed by atoms with Gasteiger partial charge in [0.1, 0.15) is 5.75 Å². The predicted molar refractivity (Wildman–Crippen MR) is 103 cm³/mol. The van der Waals surface area contributed by atoms with Crippen molar-refractivity contribution >= 4 is 8.32 Å². The molecule has 0 aromatic heterocycles. The maximum atomic E-state index is 10.5. The van der Waals surface area contributed by atoms with E-state index in [1.54, 1.807) is 13.2 Å². The molecule has 1 N–H and O–H groups in total. The minimum atomic E-state index is -1.98. The summed E-state index contributed by atoms with van der Waals surface area (Å²) in [6, 6.07) is 7.81. The van der Waals surface area contributed by atoms with Crippen molar-refractivity contribution < 1.29 is 19.0 Å². The largest absolute Gasteiger partial charge is 0.497 e. The smallest absolute Gasteiger partial charge is 0.192 e. The minimum Gasteiger partial charge on any atom is -0.497 e. The second-order valence-corrected chi connectivity index (χ2v) is 13.0. The van der Waals surface area contributed by atoms with Crippen molar-refractivity contribution in [1.29, 1.82) is 0 Å². The molecule has 4 nitrogen and oxygen atoms in total. The van der Waals surface area contributed by atoms with Crippen molar-refractivity contribution in [2.75, 3.05) is 7.11 Å². The summed E-state index contributed by atoms with van der Waals surface area (Å²) in [4.78, 5) is 0. The van der Waals surface area contributed by atoms with E-state index in [1.807, 2.05) is 24.3 Å². The molecular weight excluding hydrogens is 332 g/mol. The van der Waals surface area contributed by atoms with E-state index in [0.29, 0.717) is 6.61 Å². The minimum absolute atomic E-state index is 0.0898. The first-order valence-corrected chi connectivity index (χ1v) is 11.7. The molecule has 25 heavy (non-hydrogen) atoms. The predicted octanol–water partition coefficient (Wildman–Crippen LogP) is 4.15. The van der Waals surface area contributed by atoms with Crippen molar-refractivity contribution in [2.45, 2.75) is 63.8 Å². The molecule has 1 fully saturated rings. The van der Waals surface area contributed by atoms with Crippen LogP contribution >= 0.6 is 0 Å². The van der Waals surface area contributed by atoms with Gasteiger partial charge < -0.3 is 19.0 Å². The zero-order valence-corrected chi connectivity index (χ0v) is 17.3. The molecule has 1 aliphatic carbocycles. The number of aliphatic hydroxyl groups is 1. The summed E-state index contributed by atoms with van der Waals surface area (Å²) >= 11 is 0. The highest BCUT2D eigenvalue weighted by Crippen LogP contribution is 2.43. The third-order valence-electron chi connectivity index (χ3n) is 5.54. The van der Waals surface area contributed by atoms with E-state index in [-0.39, 0.29) is 23.2 Å². The first-order chi connectivity index (χ1) is 11.6. The van der Waals surface area contributed by atoms with E-state index in [2.05, 4.69) is 40.4 Å². The van der Waals surface area contributed by atoms with E-state index in [1.165, 1.54) is 0 Å². The van der Waals surface area contributed by atoms with Crippen LogP contribution in [-0.4, -0.2) is 38.8 Å². The van der Waals surface area contributed by atoms with Crippen LogP contribution in [0.3, 0.4) is 0 Å². The second-order valence-electron chi connectivity index (χ2n) is 8.27. The van der Waals surface area contributed by atoms with Gasteiger partial charge in [0.15, 0.2) is 8.32 Å². The Morgan fingerprint density at radius 3 is 2.24 bits per heavy atom. The molecule has 2 rings (SSSR count). The number of ether oxygens (including phenoxy) is 2. The highest BCUT2D eigenvalue weighted by atomic mass is 28.4. The van der Waals surface area contributed by atoms with Crippen molar-refractivity contribution in [2.24, 2.45) is 5.92 Å². The topological polar surface area (TPSA) is 47.9 Å². The zero-order valence-electron chi connectivity index (χ0n) is 16.3. The van der Waals surface area contributed by atoms with Crippen LogP contribution in [0.2, 0.25) is 18.1 Å². The Kier molecular flexibility index (Phi) is 6.15. The second kappa shape index (κ2) is 7.62. The third-order valence-corrected chi connectivity index (χ3v) is 10.0. The highest BCUT2D eigenvalue weighted by molar-refractivity contribution is 6.74. The van der Waals surface area contributed by atoms with Crippen LogP contribution in [0.4, 0.5) is 0 Å². The van der Waals surface area contributed by atoms with Gasteiger partial charge in [-0.05, 0) is 35.8 Å². The van der Waals surface area contributed by atoms with Gasteiger partial charge in [0, 0.05) is 5.92 Å². The number of hydrogen-bond acceptors (Lipinski definition) is 4. The maximum absolute atomic E-state index is 10.5. The fourth-order valence-electron chi connectivity index (χ4n) is 2.73. The van der Waals surface area contributed by atoms with Crippen molar-refractivity contribution in [3.8, 4) is 5.75 Å². The van der Waals surface area contributed by atoms with Gasteiger partial charge in [-0.15, -0.1) is 6.58 Å². The number of rotatable bonds is 7. The van der Waals surface area contributed by atoms with Crippen LogP contribution in [-0.2, 0) is 15.8 Å². The summed E-state index contributed by atoms with van der Waals surface area (Å²) in [5, 5.41) is 10.6. The monoisotopic (exact) mass is 364 g/mol. The average Bonchev–Trinajstić information content (AvgIpc) is 2.55. The summed E-state index contributed by atoms with van der Waals surface area (Å²) < 4.78 is 17.7. The lowest BCUT2D eigenvalue weighted by atomic mass is 9.76. The molecule has 5 heteroatoms. The molecule has 0 amide bonds. The number of hydrogen-bond donors (Lipinski definition) is 1. The fourth-order valence-corrected chi connectivity index (χ4v) is 4.04. The van der Waals surface area contributed by atoms with Crippen LogP contribution in [0.1, 0.15) is 26.3 Å². The van der Waals surface area contributed by atoms with Gasteiger partial charge in [-0.1, -0.05) is 39.0 Å². The van der Waals surface area contributed by atoms with Crippen LogP contribution in [0, 0.1) is 5.92 Å². The zero-order chi connectivity index (χ0) is 18.8. The summed E-state index contributed by atoms with van der Waals surface area (Å²) in [6.07, 6.45) is 0.771. The molecule has 0 bridgehead atoms. The molecule has 0 unspecified atom stereocenters. The van der Waals surface area contributed by atoms with E-state index in [9.17, 15) is 5.11 Å². The Hall–Kier alpha value is -1.14. The Labute approximate surface area is 152 Å². The van der Waals surface area contributed by atoms with Crippen molar-refractivity contribution in [3.63, 3.8) is 0 Å². The molecule has 1 aromatic rings. The molecule has 0 spiro atoms. The molecule has 0 radical (unpaired) electrons. The normalized spacial score (nSPS) is 26.8. The van der Waals surface area contributed by atoms with Crippen LogP contribution in [0.5, 0.6) is 5.75 Å². The van der Waals surface area contributed by atoms with Crippen LogP contribution < -0.4 is 4.74 Å². The van der Waals surface area contributed by atoms with Gasteiger partial charge in [-0.2, -0.15) is 0 Å².